The molecule has 3 nitrogen and oxygen atoms in total. The van der Waals surface area contributed by atoms with Gasteiger partial charge in [-0.25, -0.2) is 0 Å². The Hall–Kier alpha value is -2.00. The van der Waals surface area contributed by atoms with Gasteiger partial charge < -0.3 is 14.7 Å². The molecular weight excluding hydrogens is 286 g/mol. The summed E-state index contributed by atoms with van der Waals surface area (Å²) in [6.45, 7) is 1.10. The van der Waals surface area contributed by atoms with Crippen LogP contribution in [0.3, 0.4) is 0 Å². The summed E-state index contributed by atoms with van der Waals surface area (Å²) in [5.74, 6) is 1.19. The Balaban J connectivity index is 1.93. The molecule has 1 aliphatic carbocycles. The molecule has 0 amide bonds. The first-order chi connectivity index (χ1) is 11.2. The Labute approximate surface area is 137 Å². The number of hydrogen-bond donors (Lipinski definition) is 1. The summed E-state index contributed by atoms with van der Waals surface area (Å²) >= 11 is 0. The number of nitrogens with zero attached hydrogens (tertiary/aromatic N) is 1. The van der Waals surface area contributed by atoms with Crippen LogP contribution in [0.2, 0.25) is 0 Å². The topological polar surface area (TPSA) is 32.7 Å². The third-order valence-electron chi connectivity index (χ3n) is 5.56. The highest BCUT2D eigenvalue weighted by atomic mass is 16.5. The number of phenolic OH excluding ortho intramolecular Hbond substituents is 1. The number of fused-ring (bicyclic) bond motifs is 5. The molecule has 23 heavy (non-hydrogen) atoms. The van der Waals surface area contributed by atoms with Gasteiger partial charge in [-0.15, -0.1) is 0 Å². The van der Waals surface area contributed by atoms with Crippen molar-refractivity contribution in [3.63, 3.8) is 0 Å². The lowest BCUT2D eigenvalue weighted by Gasteiger charge is -2.38. The van der Waals surface area contributed by atoms with Crippen LogP contribution in [0.25, 0.3) is 0 Å². The van der Waals surface area contributed by atoms with Crippen LogP contribution in [0.4, 0.5) is 0 Å². The maximum atomic E-state index is 10.1. The second kappa shape index (κ2) is 5.57. The van der Waals surface area contributed by atoms with E-state index in [4.69, 9.17) is 4.74 Å². The SMILES string of the molecule is COc1cc2c(cc1O)CC[C@@H]1[C@@H]2c2ccccc2CCN1C. The van der Waals surface area contributed by atoms with Crippen molar-refractivity contribution < 1.29 is 9.84 Å². The summed E-state index contributed by atoms with van der Waals surface area (Å²) in [6.07, 6.45) is 3.25. The number of methoxy groups -OCH3 is 1. The maximum Gasteiger partial charge on any atom is 0.160 e. The van der Waals surface area contributed by atoms with E-state index in [0.717, 1.165) is 25.8 Å². The first-order valence-corrected chi connectivity index (χ1v) is 8.37. The number of likely N-dealkylation sites (N-methyl/N-ethyl adjacent to an activating group) is 1. The molecule has 1 aliphatic heterocycles. The third kappa shape index (κ3) is 2.31. The number of phenols is 1. The average molecular weight is 309 g/mol. The molecule has 2 aromatic rings. The molecule has 4 rings (SSSR count). The van der Waals surface area contributed by atoms with Crippen molar-refractivity contribution in [1.29, 1.82) is 0 Å². The van der Waals surface area contributed by atoms with Crippen LogP contribution in [0, 0.1) is 0 Å². The van der Waals surface area contributed by atoms with Crippen LogP contribution in [-0.4, -0.2) is 36.8 Å². The van der Waals surface area contributed by atoms with E-state index in [2.05, 4.69) is 42.3 Å². The van der Waals surface area contributed by atoms with Crippen LogP contribution in [0.15, 0.2) is 36.4 Å². The van der Waals surface area contributed by atoms with Crippen molar-refractivity contribution in [1.82, 2.24) is 4.90 Å². The second-order valence-corrected chi connectivity index (χ2v) is 6.74. The van der Waals surface area contributed by atoms with E-state index >= 15 is 0 Å². The highest BCUT2D eigenvalue weighted by Crippen LogP contribution is 2.45. The first-order valence-electron chi connectivity index (χ1n) is 8.37. The van der Waals surface area contributed by atoms with E-state index in [1.165, 1.54) is 22.3 Å². The lowest BCUT2D eigenvalue weighted by molar-refractivity contribution is 0.213. The van der Waals surface area contributed by atoms with E-state index in [9.17, 15) is 5.11 Å². The Morgan fingerprint density at radius 2 is 1.91 bits per heavy atom. The first kappa shape index (κ1) is 14.6. The number of ether oxygens (including phenoxy) is 1. The third-order valence-corrected chi connectivity index (χ3v) is 5.56. The van der Waals surface area contributed by atoms with Crippen molar-refractivity contribution in [3.05, 3.63) is 58.7 Å². The quantitative estimate of drug-likeness (QED) is 0.877. The van der Waals surface area contributed by atoms with Crippen molar-refractivity contribution in [2.45, 2.75) is 31.2 Å². The summed E-state index contributed by atoms with van der Waals surface area (Å²) in [5.41, 5.74) is 5.47. The molecule has 3 heteroatoms. The molecule has 2 atom stereocenters. The minimum absolute atomic E-state index is 0.250. The molecule has 0 saturated carbocycles. The minimum atomic E-state index is 0.250. The fraction of sp³-hybridized carbons (Fsp3) is 0.400. The molecule has 0 spiro atoms. The molecule has 0 bridgehead atoms. The van der Waals surface area contributed by atoms with Gasteiger partial charge in [0.15, 0.2) is 11.5 Å². The largest absolute Gasteiger partial charge is 0.504 e. The van der Waals surface area contributed by atoms with Crippen molar-refractivity contribution in [3.8, 4) is 11.5 Å². The van der Waals surface area contributed by atoms with E-state index in [0.29, 0.717) is 17.7 Å². The Kier molecular flexibility index (Phi) is 3.53. The minimum Gasteiger partial charge on any atom is -0.504 e. The van der Waals surface area contributed by atoms with Gasteiger partial charge in [-0.3, -0.25) is 0 Å². The lowest BCUT2D eigenvalue weighted by Crippen LogP contribution is -2.39. The van der Waals surface area contributed by atoms with Gasteiger partial charge in [0.2, 0.25) is 0 Å². The maximum absolute atomic E-state index is 10.1. The van der Waals surface area contributed by atoms with Gasteiger partial charge in [-0.1, -0.05) is 24.3 Å². The zero-order valence-corrected chi connectivity index (χ0v) is 13.7. The summed E-state index contributed by atoms with van der Waals surface area (Å²) < 4.78 is 5.37. The smallest absolute Gasteiger partial charge is 0.160 e. The number of aryl methyl sites for hydroxylation is 1. The Bertz CT molecular complexity index is 740. The fourth-order valence-electron chi connectivity index (χ4n) is 4.35. The van der Waals surface area contributed by atoms with Gasteiger partial charge in [-0.2, -0.15) is 0 Å². The summed E-state index contributed by atoms with van der Waals surface area (Å²) in [6, 6.07) is 13.3. The molecule has 1 N–H and O–H groups in total. The molecule has 0 aromatic heterocycles. The highest BCUT2D eigenvalue weighted by Gasteiger charge is 2.36. The predicted molar refractivity (Wildman–Crippen MR) is 91.4 cm³/mol. The zero-order chi connectivity index (χ0) is 16.0. The zero-order valence-electron chi connectivity index (χ0n) is 13.7. The van der Waals surface area contributed by atoms with Gasteiger partial charge in [0.05, 0.1) is 7.11 Å². The number of hydrogen-bond acceptors (Lipinski definition) is 3. The van der Waals surface area contributed by atoms with Gasteiger partial charge in [-0.05, 0) is 60.7 Å². The molecule has 120 valence electrons. The molecule has 2 aliphatic rings. The lowest BCUT2D eigenvalue weighted by atomic mass is 9.74. The summed E-state index contributed by atoms with van der Waals surface area (Å²) in [5, 5.41) is 10.1. The average Bonchev–Trinajstić information content (AvgIpc) is 2.72. The van der Waals surface area contributed by atoms with Gasteiger partial charge in [0.25, 0.3) is 0 Å². The molecular formula is C20H23NO2. The number of benzene rings is 2. The van der Waals surface area contributed by atoms with Crippen LogP contribution >= 0.6 is 0 Å². The molecule has 2 aromatic carbocycles. The van der Waals surface area contributed by atoms with Crippen molar-refractivity contribution >= 4 is 0 Å². The Morgan fingerprint density at radius 3 is 2.74 bits per heavy atom. The van der Waals surface area contributed by atoms with Gasteiger partial charge in [0, 0.05) is 18.5 Å². The van der Waals surface area contributed by atoms with Crippen molar-refractivity contribution in [2.75, 3.05) is 20.7 Å². The number of rotatable bonds is 1. The standard InChI is InChI=1S/C20H23NO2/c1-21-10-9-13-5-3-4-6-15(13)20-16-12-19(23-2)18(22)11-14(16)7-8-17(20)21/h3-6,11-12,17,20,22H,7-10H2,1-2H3/t17-,20-/m1/s1. The summed E-state index contributed by atoms with van der Waals surface area (Å²) in [4.78, 5) is 2.51. The fourth-order valence-corrected chi connectivity index (χ4v) is 4.35. The molecule has 0 radical (unpaired) electrons. The Morgan fingerprint density at radius 1 is 1.09 bits per heavy atom. The molecule has 0 saturated heterocycles. The van der Waals surface area contributed by atoms with E-state index in [-0.39, 0.29) is 5.75 Å². The van der Waals surface area contributed by atoms with Gasteiger partial charge in [0.1, 0.15) is 0 Å². The van der Waals surface area contributed by atoms with Crippen LogP contribution in [-0.2, 0) is 12.8 Å². The predicted octanol–water partition coefficient (Wildman–Crippen LogP) is 3.34. The second-order valence-electron chi connectivity index (χ2n) is 6.74. The normalized spacial score (nSPS) is 23.4. The van der Waals surface area contributed by atoms with E-state index < -0.39 is 0 Å². The number of aromatic hydroxyl groups is 1. The van der Waals surface area contributed by atoms with Crippen LogP contribution < -0.4 is 4.74 Å². The van der Waals surface area contributed by atoms with E-state index in [1.54, 1.807) is 7.11 Å². The van der Waals surface area contributed by atoms with Crippen LogP contribution in [0.1, 0.15) is 34.6 Å². The monoisotopic (exact) mass is 309 g/mol. The highest BCUT2D eigenvalue weighted by molar-refractivity contribution is 5.53. The molecule has 1 heterocycles. The van der Waals surface area contributed by atoms with E-state index in [1.807, 2.05) is 6.07 Å². The molecule has 0 unspecified atom stereocenters. The summed E-state index contributed by atoms with van der Waals surface area (Å²) in [7, 11) is 3.86. The van der Waals surface area contributed by atoms with Crippen LogP contribution in [0.5, 0.6) is 11.5 Å². The van der Waals surface area contributed by atoms with Crippen molar-refractivity contribution in [2.24, 2.45) is 0 Å². The van der Waals surface area contributed by atoms with Gasteiger partial charge >= 0.3 is 0 Å². The molecule has 0 fully saturated rings.